The van der Waals surface area contributed by atoms with Crippen molar-refractivity contribution < 1.29 is 18.5 Å². The summed E-state index contributed by atoms with van der Waals surface area (Å²) in [6.45, 7) is 6.28. The largest absolute Gasteiger partial charge is 0.464 e. The smallest absolute Gasteiger partial charge is 0.238 e. The Bertz CT molecular complexity index is 888. The maximum atomic E-state index is 12.8. The van der Waals surface area contributed by atoms with E-state index in [4.69, 9.17) is 8.94 Å². The Labute approximate surface area is 174 Å². The first kappa shape index (κ1) is 20.1. The predicted molar refractivity (Wildman–Crippen MR) is 111 cm³/mol. The topological polar surface area (TPSA) is 88.6 Å². The molecule has 2 saturated carbocycles. The molecule has 2 aliphatic rings. The quantitative estimate of drug-likeness (QED) is 0.665. The normalized spacial score (nSPS) is 21.6. The number of nitrogens with zero attached hydrogens (tertiary/aromatic N) is 2. The molecule has 0 unspecified atom stereocenters. The van der Waals surface area contributed by atoms with Crippen LogP contribution in [-0.2, 0) is 16.1 Å². The molecule has 3 atom stereocenters. The van der Waals surface area contributed by atoms with Gasteiger partial charge in [0.2, 0.25) is 11.8 Å². The van der Waals surface area contributed by atoms with E-state index >= 15 is 0 Å². The number of aromatic nitrogens is 1. The third-order valence-electron chi connectivity index (χ3n) is 5.50. The summed E-state index contributed by atoms with van der Waals surface area (Å²) < 4.78 is 10.9. The molecule has 4 rings (SSSR count). The van der Waals surface area contributed by atoms with Crippen LogP contribution in [0.1, 0.15) is 56.3 Å². The summed E-state index contributed by atoms with van der Waals surface area (Å²) in [5.74, 6) is 4.26. The van der Waals surface area contributed by atoms with E-state index in [-0.39, 0.29) is 22.8 Å². The molecule has 0 spiro atoms. The summed E-state index contributed by atoms with van der Waals surface area (Å²) in [5.41, 5.74) is 0. The molecule has 2 heterocycles. The fourth-order valence-electron chi connectivity index (χ4n) is 3.38. The molecule has 7 nitrogen and oxygen atoms in total. The number of hydrogen-bond donors (Lipinski definition) is 1. The van der Waals surface area contributed by atoms with E-state index in [0.717, 1.165) is 24.4 Å². The van der Waals surface area contributed by atoms with Crippen molar-refractivity contribution in [1.82, 2.24) is 10.1 Å². The van der Waals surface area contributed by atoms with Crippen LogP contribution in [-0.4, -0.2) is 38.9 Å². The zero-order chi connectivity index (χ0) is 20.5. The van der Waals surface area contributed by atoms with Gasteiger partial charge in [0, 0.05) is 18.0 Å². The Morgan fingerprint density at radius 2 is 2.14 bits per heavy atom. The number of carbonyl (C=O) groups is 2. The predicted octanol–water partition coefficient (Wildman–Crippen LogP) is 3.95. The van der Waals surface area contributed by atoms with Crippen LogP contribution >= 0.6 is 11.8 Å². The molecule has 2 fully saturated rings. The van der Waals surface area contributed by atoms with Gasteiger partial charge in [-0.25, -0.2) is 0 Å². The fraction of sp³-hybridized carbons (Fsp3) is 0.571. The molecule has 156 valence electrons. The molecule has 0 aliphatic heterocycles. The van der Waals surface area contributed by atoms with E-state index < -0.39 is 0 Å². The van der Waals surface area contributed by atoms with Gasteiger partial charge in [0.1, 0.15) is 17.3 Å². The van der Waals surface area contributed by atoms with Gasteiger partial charge < -0.3 is 19.2 Å². The van der Waals surface area contributed by atoms with E-state index in [1.54, 1.807) is 19.9 Å². The first-order chi connectivity index (χ1) is 13.9. The van der Waals surface area contributed by atoms with E-state index in [9.17, 15) is 9.59 Å². The van der Waals surface area contributed by atoms with Gasteiger partial charge in [-0.3, -0.25) is 9.59 Å². The number of nitrogens with one attached hydrogen (secondary N) is 1. The van der Waals surface area contributed by atoms with Gasteiger partial charge in [-0.2, -0.15) is 0 Å². The van der Waals surface area contributed by atoms with Crippen LogP contribution in [0, 0.1) is 12.8 Å². The van der Waals surface area contributed by atoms with Gasteiger partial charge in [-0.1, -0.05) is 12.1 Å². The molecule has 2 aromatic rings. The summed E-state index contributed by atoms with van der Waals surface area (Å²) >= 11 is 1.33. The van der Waals surface area contributed by atoms with Crippen molar-refractivity contribution in [2.24, 2.45) is 5.92 Å². The van der Waals surface area contributed by atoms with Gasteiger partial charge in [0.05, 0.1) is 17.5 Å². The van der Waals surface area contributed by atoms with Crippen molar-refractivity contribution in [2.75, 3.05) is 11.1 Å². The van der Waals surface area contributed by atoms with E-state index in [1.807, 2.05) is 17.0 Å². The number of aryl methyl sites for hydroxylation is 1. The van der Waals surface area contributed by atoms with Crippen molar-refractivity contribution >= 4 is 29.4 Å². The van der Waals surface area contributed by atoms with Crippen LogP contribution in [0.2, 0.25) is 0 Å². The van der Waals surface area contributed by atoms with Crippen molar-refractivity contribution in [1.29, 1.82) is 0 Å². The minimum absolute atomic E-state index is 0.0483. The average Bonchev–Trinajstić information content (AvgIpc) is 3.58. The standard InChI is InChI=1S/C21H27N3O4S/c1-12-8-17(12)18-7-6-16(27-18)10-24(15-4-5-15)20(25)11-29-14(3)21(26)22-19-9-13(2)28-23-19/h6-7,9,12,14-15,17H,4-5,8,10-11H2,1-3H3,(H,22,23,26)/t12-,14-,17+/m0/s1. The van der Waals surface area contributed by atoms with Gasteiger partial charge >= 0.3 is 0 Å². The Balaban J connectivity index is 1.28. The number of thioether (sulfide) groups is 1. The molecule has 0 radical (unpaired) electrons. The van der Waals surface area contributed by atoms with Crippen LogP contribution in [0.5, 0.6) is 0 Å². The minimum atomic E-state index is -0.372. The molecular weight excluding hydrogens is 390 g/mol. The lowest BCUT2D eigenvalue weighted by Crippen LogP contribution is -2.35. The van der Waals surface area contributed by atoms with E-state index in [1.165, 1.54) is 18.2 Å². The Morgan fingerprint density at radius 1 is 1.38 bits per heavy atom. The van der Waals surface area contributed by atoms with E-state index in [0.29, 0.717) is 36.0 Å². The molecule has 2 amide bonds. The highest BCUT2D eigenvalue weighted by Gasteiger charge is 2.37. The Kier molecular flexibility index (Phi) is 5.72. The van der Waals surface area contributed by atoms with Gasteiger partial charge in [0.15, 0.2) is 5.82 Å². The Hall–Kier alpha value is -2.22. The average molecular weight is 418 g/mol. The van der Waals surface area contributed by atoms with E-state index in [2.05, 4.69) is 17.4 Å². The molecule has 0 aromatic carbocycles. The number of anilines is 1. The van der Waals surface area contributed by atoms with Gasteiger partial charge in [0.25, 0.3) is 0 Å². The highest BCUT2D eigenvalue weighted by atomic mass is 32.2. The van der Waals surface area contributed by atoms with Crippen LogP contribution in [0.25, 0.3) is 0 Å². The third-order valence-corrected chi connectivity index (χ3v) is 6.62. The number of carbonyl (C=O) groups excluding carboxylic acids is 2. The lowest BCUT2D eigenvalue weighted by molar-refractivity contribution is -0.129. The summed E-state index contributed by atoms with van der Waals surface area (Å²) in [4.78, 5) is 27.0. The van der Waals surface area contributed by atoms with Crippen molar-refractivity contribution in [3.05, 3.63) is 35.5 Å². The Morgan fingerprint density at radius 3 is 2.76 bits per heavy atom. The second-order valence-electron chi connectivity index (χ2n) is 8.14. The SMILES string of the molecule is Cc1cc(NC(=O)[C@H](C)SCC(=O)N(Cc2ccc([C@@H]3C[C@@H]3C)o2)C2CC2)no1. The fourth-order valence-corrected chi connectivity index (χ4v) is 4.15. The zero-order valence-electron chi connectivity index (χ0n) is 17.0. The summed E-state index contributed by atoms with van der Waals surface area (Å²) in [6.07, 6.45) is 3.25. The highest BCUT2D eigenvalue weighted by molar-refractivity contribution is 8.01. The molecular formula is C21H27N3O4S. The van der Waals surface area contributed by atoms with Crippen molar-refractivity contribution in [2.45, 2.75) is 63.8 Å². The van der Waals surface area contributed by atoms with Crippen molar-refractivity contribution in [3.8, 4) is 0 Å². The van der Waals surface area contributed by atoms with Crippen LogP contribution in [0.4, 0.5) is 5.82 Å². The number of amides is 2. The number of rotatable bonds is 9. The summed E-state index contributed by atoms with van der Waals surface area (Å²) in [5, 5.41) is 6.10. The van der Waals surface area contributed by atoms with Gasteiger partial charge in [-0.15, -0.1) is 11.8 Å². The molecule has 1 N–H and O–H groups in total. The monoisotopic (exact) mass is 417 g/mol. The summed E-state index contributed by atoms with van der Waals surface area (Å²) in [6, 6.07) is 5.99. The van der Waals surface area contributed by atoms with Crippen LogP contribution in [0.15, 0.2) is 27.1 Å². The minimum Gasteiger partial charge on any atom is -0.464 e. The molecule has 2 aromatic heterocycles. The number of furan rings is 1. The molecule has 8 heteroatoms. The second-order valence-corrected chi connectivity index (χ2v) is 9.47. The maximum Gasteiger partial charge on any atom is 0.238 e. The second kappa shape index (κ2) is 8.26. The highest BCUT2D eigenvalue weighted by Crippen LogP contribution is 2.47. The van der Waals surface area contributed by atoms with Crippen LogP contribution in [0.3, 0.4) is 0 Å². The first-order valence-electron chi connectivity index (χ1n) is 10.1. The van der Waals surface area contributed by atoms with Crippen LogP contribution < -0.4 is 5.32 Å². The molecule has 29 heavy (non-hydrogen) atoms. The number of hydrogen-bond acceptors (Lipinski definition) is 6. The zero-order valence-corrected chi connectivity index (χ0v) is 17.8. The lowest BCUT2D eigenvalue weighted by atomic mass is 10.3. The van der Waals surface area contributed by atoms with Gasteiger partial charge in [-0.05, 0) is 51.2 Å². The molecule has 2 aliphatic carbocycles. The first-order valence-corrected chi connectivity index (χ1v) is 11.2. The molecule has 0 saturated heterocycles. The van der Waals surface area contributed by atoms with Crippen molar-refractivity contribution in [3.63, 3.8) is 0 Å². The third kappa shape index (κ3) is 5.04. The maximum absolute atomic E-state index is 12.8. The summed E-state index contributed by atoms with van der Waals surface area (Å²) in [7, 11) is 0. The molecule has 0 bridgehead atoms. The lowest BCUT2D eigenvalue weighted by Gasteiger charge is -2.22.